The molecule has 0 amide bonds. The summed E-state index contributed by atoms with van der Waals surface area (Å²) < 4.78 is 8.48. The Balaban J connectivity index is 1.32. The van der Waals surface area contributed by atoms with E-state index in [9.17, 15) is 0 Å². The van der Waals surface area contributed by atoms with Gasteiger partial charge in [0.15, 0.2) is 0 Å². The van der Waals surface area contributed by atoms with Crippen molar-refractivity contribution in [3.8, 4) is 28.6 Å². The highest BCUT2D eigenvalue weighted by Crippen LogP contribution is 2.41. The van der Waals surface area contributed by atoms with E-state index in [0.29, 0.717) is 17.7 Å². The van der Waals surface area contributed by atoms with Crippen molar-refractivity contribution in [2.75, 3.05) is 0 Å². The van der Waals surface area contributed by atoms with E-state index in [1.807, 2.05) is 36.7 Å². The number of hydrogen-bond acceptors (Lipinski definition) is 3. The number of nitrogens with zero attached hydrogens (tertiary/aromatic N) is 3. The van der Waals surface area contributed by atoms with E-state index in [4.69, 9.17) is 9.72 Å². The third kappa shape index (κ3) is 4.12. The Kier molecular flexibility index (Phi) is 5.47. The second-order valence-electron chi connectivity index (χ2n) is 10.5. The number of ether oxygens (including phenoxy) is 1. The molecular formula is C34H29N3O. The summed E-state index contributed by atoms with van der Waals surface area (Å²) in [4.78, 5) is 9.23. The molecule has 1 aliphatic carbocycles. The molecule has 4 nitrogen and oxygen atoms in total. The quantitative estimate of drug-likeness (QED) is 0.231. The SMILES string of the molecule is CC(C)c1ccnc(Oc2cccc(-c3ccc4c5ccccc5n(-c5cc(C6CC6)ccn5)c4c3)c2)c1. The maximum Gasteiger partial charge on any atom is 0.219 e. The minimum atomic E-state index is 0.421. The number of hydrogen-bond donors (Lipinski definition) is 0. The van der Waals surface area contributed by atoms with Crippen LogP contribution in [-0.2, 0) is 0 Å². The Morgan fingerprint density at radius 1 is 0.737 bits per heavy atom. The first-order valence-electron chi connectivity index (χ1n) is 13.4. The van der Waals surface area contributed by atoms with Gasteiger partial charge in [0.25, 0.3) is 0 Å². The van der Waals surface area contributed by atoms with Crippen LogP contribution in [0.1, 0.15) is 49.7 Å². The van der Waals surface area contributed by atoms with E-state index in [2.05, 4.69) is 90.1 Å². The van der Waals surface area contributed by atoms with Crippen molar-refractivity contribution < 1.29 is 4.74 Å². The molecule has 0 bridgehead atoms. The van der Waals surface area contributed by atoms with Gasteiger partial charge in [-0.3, -0.25) is 4.57 Å². The molecule has 0 N–H and O–H groups in total. The smallest absolute Gasteiger partial charge is 0.219 e. The number of benzene rings is 3. The van der Waals surface area contributed by atoms with Gasteiger partial charge in [0.2, 0.25) is 5.88 Å². The minimum Gasteiger partial charge on any atom is -0.439 e. The van der Waals surface area contributed by atoms with Crippen LogP contribution in [0.4, 0.5) is 0 Å². The van der Waals surface area contributed by atoms with Crippen LogP contribution in [0.15, 0.2) is 103 Å². The van der Waals surface area contributed by atoms with Crippen LogP contribution in [0.25, 0.3) is 38.8 Å². The molecule has 0 aliphatic heterocycles. The molecule has 0 spiro atoms. The van der Waals surface area contributed by atoms with Crippen molar-refractivity contribution in [2.45, 2.75) is 38.5 Å². The van der Waals surface area contributed by atoms with E-state index in [-0.39, 0.29) is 0 Å². The summed E-state index contributed by atoms with van der Waals surface area (Å²) in [6.45, 7) is 4.35. The number of para-hydroxylation sites is 1. The molecule has 3 aromatic heterocycles. The zero-order chi connectivity index (χ0) is 25.6. The first-order chi connectivity index (χ1) is 18.6. The number of pyridine rings is 2. The molecule has 1 aliphatic rings. The van der Waals surface area contributed by atoms with E-state index in [1.165, 1.54) is 40.3 Å². The van der Waals surface area contributed by atoms with Crippen LogP contribution >= 0.6 is 0 Å². The van der Waals surface area contributed by atoms with E-state index < -0.39 is 0 Å². The van der Waals surface area contributed by atoms with Gasteiger partial charge in [0, 0.05) is 29.2 Å². The molecule has 38 heavy (non-hydrogen) atoms. The maximum absolute atomic E-state index is 6.18. The summed E-state index contributed by atoms with van der Waals surface area (Å²) in [5.41, 5.74) is 7.16. The fraction of sp³-hybridized carbons (Fsp3) is 0.176. The van der Waals surface area contributed by atoms with Gasteiger partial charge in [-0.15, -0.1) is 0 Å². The van der Waals surface area contributed by atoms with Gasteiger partial charge >= 0.3 is 0 Å². The standard InChI is InChI=1S/C34H29N3O/c1-22(2)24-14-17-36-34(21-24)38-28-7-5-6-25(18-28)26-12-13-30-29-8-3-4-9-31(29)37(32(30)19-26)33-20-27(15-16-35-33)23-10-11-23/h3-9,12-23H,10-11H2,1-2H3. The average Bonchev–Trinajstić information content (AvgIpc) is 3.75. The van der Waals surface area contributed by atoms with Gasteiger partial charge in [-0.1, -0.05) is 56.3 Å². The lowest BCUT2D eigenvalue weighted by atomic mass is 10.0. The van der Waals surface area contributed by atoms with Crippen LogP contribution in [-0.4, -0.2) is 14.5 Å². The molecule has 6 aromatic rings. The van der Waals surface area contributed by atoms with Gasteiger partial charge in [0.05, 0.1) is 11.0 Å². The predicted molar refractivity (Wildman–Crippen MR) is 154 cm³/mol. The Labute approximate surface area is 222 Å². The molecule has 0 radical (unpaired) electrons. The molecule has 0 atom stereocenters. The Morgan fingerprint density at radius 2 is 1.55 bits per heavy atom. The van der Waals surface area contributed by atoms with Crippen molar-refractivity contribution in [3.63, 3.8) is 0 Å². The highest BCUT2D eigenvalue weighted by atomic mass is 16.5. The van der Waals surface area contributed by atoms with Crippen molar-refractivity contribution in [2.24, 2.45) is 0 Å². The fourth-order valence-electron chi connectivity index (χ4n) is 5.32. The van der Waals surface area contributed by atoms with Crippen molar-refractivity contribution in [1.29, 1.82) is 0 Å². The molecule has 3 heterocycles. The lowest BCUT2D eigenvalue weighted by molar-refractivity contribution is 0.462. The summed E-state index contributed by atoms with van der Waals surface area (Å²) in [6.07, 6.45) is 6.32. The summed E-state index contributed by atoms with van der Waals surface area (Å²) in [5.74, 6) is 3.47. The topological polar surface area (TPSA) is 39.9 Å². The van der Waals surface area contributed by atoms with Crippen LogP contribution in [0.5, 0.6) is 11.6 Å². The largest absolute Gasteiger partial charge is 0.439 e. The first kappa shape index (κ1) is 22.7. The maximum atomic E-state index is 6.18. The molecule has 4 heteroatoms. The van der Waals surface area contributed by atoms with E-state index in [1.54, 1.807) is 0 Å². The Bertz CT molecular complexity index is 1800. The predicted octanol–water partition coefficient (Wildman–Crippen LogP) is 9.03. The number of fused-ring (bicyclic) bond motifs is 3. The molecule has 1 fully saturated rings. The highest BCUT2D eigenvalue weighted by Gasteiger charge is 2.24. The highest BCUT2D eigenvalue weighted by molar-refractivity contribution is 6.10. The lowest BCUT2D eigenvalue weighted by Gasteiger charge is -2.11. The lowest BCUT2D eigenvalue weighted by Crippen LogP contribution is -1.98. The average molecular weight is 496 g/mol. The molecule has 0 unspecified atom stereocenters. The fourth-order valence-corrected chi connectivity index (χ4v) is 5.32. The first-order valence-corrected chi connectivity index (χ1v) is 13.4. The summed E-state index contributed by atoms with van der Waals surface area (Å²) in [6, 6.07) is 32.0. The van der Waals surface area contributed by atoms with E-state index >= 15 is 0 Å². The van der Waals surface area contributed by atoms with Crippen LogP contribution in [0, 0.1) is 0 Å². The van der Waals surface area contributed by atoms with Gasteiger partial charge in [0.1, 0.15) is 11.6 Å². The third-order valence-electron chi connectivity index (χ3n) is 7.54. The molecular weight excluding hydrogens is 466 g/mol. The monoisotopic (exact) mass is 495 g/mol. The summed E-state index contributed by atoms with van der Waals surface area (Å²) in [5, 5.41) is 2.46. The van der Waals surface area contributed by atoms with E-state index in [0.717, 1.165) is 28.2 Å². The molecule has 7 rings (SSSR count). The van der Waals surface area contributed by atoms with Crippen LogP contribution < -0.4 is 4.74 Å². The normalized spacial score (nSPS) is 13.4. The van der Waals surface area contributed by atoms with Gasteiger partial charge in [-0.05, 0) is 89.4 Å². The summed E-state index contributed by atoms with van der Waals surface area (Å²) in [7, 11) is 0. The molecule has 1 saturated carbocycles. The second kappa shape index (κ2) is 9.14. The van der Waals surface area contributed by atoms with Gasteiger partial charge in [-0.2, -0.15) is 0 Å². The Morgan fingerprint density at radius 3 is 2.42 bits per heavy atom. The number of rotatable bonds is 6. The third-order valence-corrected chi connectivity index (χ3v) is 7.54. The van der Waals surface area contributed by atoms with Crippen molar-refractivity contribution in [1.82, 2.24) is 14.5 Å². The number of aromatic nitrogens is 3. The molecule has 3 aromatic carbocycles. The van der Waals surface area contributed by atoms with Crippen LogP contribution in [0.3, 0.4) is 0 Å². The molecule has 0 saturated heterocycles. The van der Waals surface area contributed by atoms with Crippen LogP contribution in [0.2, 0.25) is 0 Å². The summed E-state index contributed by atoms with van der Waals surface area (Å²) >= 11 is 0. The van der Waals surface area contributed by atoms with Gasteiger partial charge < -0.3 is 4.74 Å². The second-order valence-corrected chi connectivity index (χ2v) is 10.5. The van der Waals surface area contributed by atoms with Crippen molar-refractivity contribution in [3.05, 3.63) is 115 Å². The molecule has 186 valence electrons. The zero-order valence-electron chi connectivity index (χ0n) is 21.6. The van der Waals surface area contributed by atoms with Gasteiger partial charge in [-0.25, -0.2) is 9.97 Å². The minimum absolute atomic E-state index is 0.421. The zero-order valence-corrected chi connectivity index (χ0v) is 21.6. The Hall–Kier alpha value is -4.44. The van der Waals surface area contributed by atoms with Crippen molar-refractivity contribution >= 4 is 21.8 Å².